The van der Waals surface area contributed by atoms with Crippen molar-refractivity contribution in [3.8, 4) is 0 Å². The number of rotatable bonds is 5. The van der Waals surface area contributed by atoms with Crippen LogP contribution in [0, 0.1) is 0 Å². The molecule has 0 amide bonds. The molecule has 0 fully saturated rings. The molecule has 5 heteroatoms. The molecule has 0 aliphatic carbocycles. The molecule has 0 spiro atoms. The lowest BCUT2D eigenvalue weighted by atomic mass is 9.98. The van der Waals surface area contributed by atoms with Gasteiger partial charge in [-0.05, 0) is 12.8 Å². The van der Waals surface area contributed by atoms with Crippen molar-refractivity contribution in [1.82, 2.24) is 15.0 Å². The van der Waals surface area contributed by atoms with Crippen LogP contribution in [0.5, 0.6) is 0 Å². The highest BCUT2D eigenvalue weighted by Crippen LogP contribution is 2.16. The number of hydrogen-bond acceptors (Lipinski definition) is 4. The second-order valence-corrected chi connectivity index (χ2v) is 3.54. The van der Waals surface area contributed by atoms with E-state index in [1.807, 2.05) is 13.8 Å². The maximum atomic E-state index is 10.0. The fourth-order valence-corrected chi connectivity index (χ4v) is 1.28. The molecular weight excluding hydrogens is 180 g/mol. The van der Waals surface area contributed by atoms with Crippen molar-refractivity contribution in [2.75, 3.05) is 0 Å². The van der Waals surface area contributed by atoms with Crippen molar-refractivity contribution in [3.05, 3.63) is 11.9 Å². The molecule has 0 saturated carbocycles. The summed E-state index contributed by atoms with van der Waals surface area (Å²) in [4.78, 5) is 0. The highest BCUT2D eigenvalue weighted by atomic mass is 16.3. The summed E-state index contributed by atoms with van der Waals surface area (Å²) < 4.78 is 1.65. The highest BCUT2D eigenvalue weighted by molar-refractivity contribution is 4.91. The van der Waals surface area contributed by atoms with E-state index in [1.165, 1.54) is 0 Å². The number of aliphatic hydroxyl groups is 1. The minimum Gasteiger partial charge on any atom is -0.388 e. The van der Waals surface area contributed by atoms with Gasteiger partial charge in [0.15, 0.2) is 0 Å². The predicted molar refractivity (Wildman–Crippen MR) is 53.4 cm³/mol. The average molecular weight is 198 g/mol. The lowest BCUT2D eigenvalue weighted by molar-refractivity contribution is 0.0114. The van der Waals surface area contributed by atoms with Gasteiger partial charge in [0.05, 0.1) is 17.8 Å². The topological polar surface area (TPSA) is 77.0 Å². The van der Waals surface area contributed by atoms with Gasteiger partial charge in [-0.15, -0.1) is 5.10 Å². The van der Waals surface area contributed by atoms with Gasteiger partial charge < -0.3 is 10.8 Å². The van der Waals surface area contributed by atoms with Gasteiger partial charge in [0.2, 0.25) is 0 Å². The molecule has 0 atom stereocenters. The Balaban J connectivity index is 2.67. The van der Waals surface area contributed by atoms with Crippen LogP contribution in [0.25, 0.3) is 0 Å². The summed E-state index contributed by atoms with van der Waals surface area (Å²) in [5.41, 5.74) is 5.48. The molecule has 1 heterocycles. The standard InChI is InChI=1S/C9H18N4O/c1-3-9(14,4-2)7-13-6-8(5-10)11-12-13/h6,14H,3-5,7,10H2,1-2H3. The molecule has 0 bridgehead atoms. The molecule has 5 nitrogen and oxygen atoms in total. The molecule has 1 aromatic heterocycles. The number of aromatic nitrogens is 3. The number of nitrogens with zero attached hydrogens (tertiary/aromatic N) is 3. The summed E-state index contributed by atoms with van der Waals surface area (Å²) in [5.74, 6) is 0. The van der Waals surface area contributed by atoms with Crippen LogP contribution >= 0.6 is 0 Å². The quantitative estimate of drug-likeness (QED) is 0.712. The Morgan fingerprint density at radius 1 is 1.50 bits per heavy atom. The average Bonchev–Trinajstić information content (AvgIpc) is 2.65. The van der Waals surface area contributed by atoms with E-state index in [4.69, 9.17) is 5.73 Å². The van der Waals surface area contributed by atoms with Crippen LogP contribution in [0.15, 0.2) is 6.20 Å². The van der Waals surface area contributed by atoms with E-state index in [-0.39, 0.29) is 0 Å². The highest BCUT2D eigenvalue weighted by Gasteiger charge is 2.23. The zero-order valence-electron chi connectivity index (χ0n) is 8.77. The van der Waals surface area contributed by atoms with E-state index in [0.717, 1.165) is 5.69 Å². The first-order chi connectivity index (χ1) is 6.63. The molecule has 0 aliphatic heterocycles. The molecule has 80 valence electrons. The summed E-state index contributed by atoms with van der Waals surface area (Å²) in [6.07, 6.45) is 3.19. The molecule has 1 rings (SSSR count). The van der Waals surface area contributed by atoms with E-state index >= 15 is 0 Å². The molecule has 14 heavy (non-hydrogen) atoms. The maximum absolute atomic E-state index is 10.0. The molecular formula is C9H18N4O. The Morgan fingerprint density at radius 3 is 2.57 bits per heavy atom. The second-order valence-electron chi connectivity index (χ2n) is 3.54. The molecule has 0 saturated heterocycles. The van der Waals surface area contributed by atoms with Crippen LogP contribution in [-0.2, 0) is 13.1 Å². The van der Waals surface area contributed by atoms with Crippen LogP contribution in [0.2, 0.25) is 0 Å². The minimum atomic E-state index is -0.681. The van der Waals surface area contributed by atoms with E-state index in [1.54, 1.807) is 10.9 Å². The predicted octanol–water partition coefficient (Wildman–Crippen LogP) is 0.288. The van der Waals surface area contributed by atoms with Gasteiger partial charge in [0, 0.05) is 12.7 Å². The normalized spacial score (nSPS) is 12.0. The lowest BCUT2D eigenvalue weighted by Gasteiger charge is -2.24. The van der Waals surface area contributed by atoms with Crippen molar-refractivity contribution < 1.29 is 5.11 Å². The van der Waals surface area contributed by atoms with Crippen molar-refractivity contribution in [3.63, 3.8) is 0 Å². The Hall–Kier alpha value is -0.940. The van der Waals surface area contributed by atoms with E-state index in [9.17, 15) is 5.11 Å². The molecule has 1 aromatic rings. The van der Waals surface area contributed by atoms with Gasteiger partial charge in [0.25, 0.3) is 0 Å². The SMILES string of the molecule is CCC(O)(CC)Cn1cc(CN)nn1. The minimum absolute atomic E-state index is 0.386. The van der Waals surface area contributed by atoms with Crippen LogP contribution in [0.3, 0.4) is 0 Å². The largest absolute Gasteiger partial charge is 0.388 e. The van der Waals surface area contributed by atoms with Crippen molar-refractivity contribution >= 4 is 0 Å². The molecule has 3 N–H and O–H groups in total. The fraction of sp³-hybridized carbons (Fsp3) is 0.778. The van der Waals surface area contributed by atoms with Gasteiger partial charge in [-0.3, -0.25) is 0 Å². The van der Waals surface area contributed by atoms with Crippen molar-refractivity contribution in [1.29, 1.82) is 0 Å². The van der Waals surface area contributed by atoms with Crippen LogP contribution < -0.4 is 5.73 Å². The van der Waals surface area contributed by atoms with Gasteiger partial charge in [0.1, 0.15) is 0 Å². The molecule has 0 aromatic carbocycles. The smallest absolute Gasteiger partial charge is 0.0962 e. The van der Waals surface area contributed by atoms with Crippen LogP contribution in [0.4, 0.5) is 0 Å². The van der Waals surface area contributed by atoms with Crippen LogP contribution in [-0.4, -0.2) is 25.7 Å². The van der Waals surface area contributed by atoms with E-state index < -0.39 is 5.60 Å². The Kier molecular flexibility index (Phi) is 3.60. The first kappa shape index (κ1) is 11.1. The van der Waals surface area contributed by atoms with E-state index in [0.29, 0.717) is 25.9 Å². The first-order valence-corrected chi connectivity index (χ1v) is 4.95. The van der Waals surface area contributed by atoms with Gasteiger partial charge in [-0.2, -0.15) is 0 Å². The molecule has 0 unspecified atom stereocenters. The van der Waals surface area contributed by atoms with Crippen molar-refractivity contribution in [2.24, 2.45) is 5.73 Å². The Labute approximate surface area is 83.9 Å². The Morgan fingerprint density at radius 2 is 2.14 bits per heavy atom. The third-order valence-corrected chi connectivity index (χ3v) is 2.57. The van der Waals surface area contributed by atoms with Gasteiger partial charge >= 0.3 is 0 Å². The van der Waals surface area contributed by atoms with Crippen molar-refractivity contribution in [2.45, 2.75) is 45.4 Å². The Bertz CT molecular complexity index is 280. The fourth-order valence-electron chi connectivity index (χ4n) is 1.28. The summed E-state index contributed by atoms with van der Waals surface area (Å²) in [6, 6.07) is 0. The van der Waals surface area contributed by atoms with Gasteiger partial charge in [-0.1, -0.05) is 19.1 Å². The lowest BCUT2D eigenvalue weighted by Crippen LogP contribution is -2.32. The maximum Gasteiger partial charge on any atom is 0.0962 e. The summed E-state index contributed by atoms with van der Waals surface area (Å²) in [7, 11) is 0. The number of hydrogen-bond donors (Lipinski definition) is 2. The van der Waals surface area contributed by atoms with Crippen LogP contribution in [0.1, 0.15) is 32.4 Å². The first-order valence-electron chi connectivity index (χ1n) is 4.95. The monoisotopic (exact) mass is 198 g/mol. The second kappa shape index (κ2) is 4.52. The van der Waals surface area contributed by atoms with E-state index in [2.05, 4.69) is 10.3 Å². The van der Waals surface area contributed by atoms with Gasteiger partial charge in [-0.25, -0.2) is 4.68 Å². The molecule has 0 radical (unpaired) electrons. The summed E-state index contributed by atoms with van der Waals surface area (Å²) in [5, 5.41) is 17.8. The third kappa shape index (κ3) is 2.52. The number of nitrogens with two attached hydrogens (primary N) is 1. The zero-order valence-corrected chi connectivity index (χ0v) is 8.77. The third-order valence-electron chi connectivity index (χ3n) is 2.57. The molecule has 0 aliphatic rings. The zero-order chi connectivity index (χ0) is 10.6. The summed E-state index contributed by atoms with van der Waals surface area (Å²) >= 11 is 0. The summed E-state index contributed by atoms with van der Waals surface area (Å²) in [6.45, 7) is 4.79.